The lowest BCUT2D eigenvalue weighted by Gasteiger charge is -2.33. The van der Waals surface area contributed by atoms with Crippen molar-refractivity contribution in [3.05, 3.63) is 53.1 Å². The quantitative estimate of drug-likeness (QED) is 0.632. The SMILES string of the molecule is Cc1ccc(NC(=O)Nc2ccc(N3CCC(C)CC3)c(C(=O)NC3CC3)c2)cc1C. The molecule has 1 saturated heterocycles. The van der Waals surface area contributed by atoms with Crippen LogP contribution in [0.2, 0.25) is 0 Å². The van der Waals surface area contributed by atoms with Gasteiger partial charge in [-0.2, -0.15) is 0 Å². The summed E-state index contributed by atoms with van der Waals surface area (Å²) in [5.74, 6) is 0.657. The monoisotopic (exact) mass is 420 g/mol. The Morgan fingerprint density at radius 3 is 2.16 bits per heavy atom. The van der Waals surface area contributed by atoms with Crippen LogP contribution < -0.4 is 20.9 Å². The van der Waals surface area contributed by atoms with E-state index in [0.717, 1.165) is 61.6 Å². The average molecular weight is 421 g/mol. The third-order valence-corrected chi connectivity index (χ3v) is 6.30. The van der Waals surface area contributed by atoms with Gasteiger partial charge in [0.1, 0.15) is 0 Å². The Bertz CT molecular complexity index is 975. The Kier molecular flexibility index (Phi) is 6.16. The van der Waals surface area contributed by atoms with Crippen LogP contribution in [0.15, 0.2) is 36.4 Å². The van der Waals surface area contributed by atoms with Crippen LogP contribution in [0.25, 0.3) is 0 Å². The van der Waals surface area contributed by atoms with E-state index in [4.69, 9.17) is 0 Å². The van der Waals surface area contributed by atoms with Crippen molar-refractivity contribution >= 4 is 29.0 Å². The Balaban J connectivity index is 1.51. The maximum absolute atomic E-state index is 13.0. The average Bonchev–Trinajstić information content (AvgIpc) is 3.55. The second-order valence-corrected chi connectivity index (χ2v) is 9.03. The first-order chi connectivity index (χ1) is 14.9. The van der Waals surface area contributed by atoms with Gasteiger partial charge in [-0.05, 0) is 86.9 Å². The van der Waals surface area contributed by atoms with Crippen molar-refractivity contribution < 1.29 is 9.59 Å². The van der Waals surface area contributed by atoms with Gasteiger partial charge in [0.15, 0.2) is 0 Å². The normalized spacial score (nSPS) is 16.7. The van der Waals surface area contributed by atoms with Crippen LogP contribution in [0.4, 0.5) is 21.9 Å². The Hall–Kier alpha value is -3.02. The number of hydrogen-bond acceptors (Lipinski definition) is 3. The zero-order chi connectivity index (χ0) is 22.0. The zero-order valence-electron chi connectivity index (χ0n) is 18.6. The zero-order valence-corrected chi connectivity index (χ0v) is 18.6. The molecule has 6 nitrogen and oxygen atoms in total. The van der Waals surface area contributed by atoms with Crippen LogP contribution in [-0.4, -0.2) is 31.1 Å². The second-order valence-electron chi connectivity index (χ2n) is 9.03. The van der Waals surface area contributed by atoms with E-state index in [1.807, 2.05) is 44.2 Å². The Morgan fingerprint density at radius 2 is 1.52 bits per heavy atom. The summed E-state index contributed by atoms with van der Waals surface area (Å²) in [5.41, 5.74) is 5.23. The largest absolute Gasteiger partial charge is 0.371 e. The maximum atomic E-state index is 13.0. The van der Waals surface area contributed by atoms with Crippen LogP contribution in [0.3, 0.4) is 0 Å². The highest BCUT2D eigenvalue weighted by Gasteiger charge is 2.27. The smallest absolute Gasteiger partial charge is 0.323 e. The fourth-order valence-electron chi connectivity index (χ4n) is 3.92. The number of benzene rings is 2. The van der Waals surface area contributed by atoms with Crippen LogP contribution in [-0.2, 0) is 0 Å². The molecule has 2 fully saturated rings. The number of nitrogens with zero attached hydrogens (tertiary/aromatic N) is 1. The molecular formula is C25H32N4O2. The summed E-state index contributed by atoms with van der Waals surface area (Å²) in [6.45, 7) is 8.23. The lowest BCUT2D eigenvalue weighted by Crippen LogP contribution is -2.35. The van der Waals surface area contributed by atoms with Gasteiger partial charge in [0.25, 0.3) is 5.91 Å². The minimum absolute atomic E-state index is 0.0608. The van der Waals surface area contributed by atoms with Crippen LogP contribution in [0, 0.1) is 19.8 Å². The fourth-order valence-corrected chi connectivity index (χ4v) is 3.92. The van der Waals surface area contributed by atoms with Gasteiger partial charge in [-0.25, -0.2) is 4.79 Å². The van der Waals surface area contributed by atoms with E-state index < -0.39 is 0 Å². The van der Waals surface area contributed by atoms with E-state index in [2.05, 4.69) is 27.8 Å². The highest BCUT2D eigenvalue weighted by molar-refractivity contribution is 6.04. The van der Waals surface area contributed by atoms with Gasteiger partial charge in [-0.1, -0.05) is 13.0 Å². The summed E-state index contributed by atoms with van der Waals surface area (Å²) in [4.78, 5) is 27.8. The molecule has 0 unspecified atom stereocenters. The molecule has 0 spiro atoms. The second kappa shape index (κ2) is 9.00. The summed E-state index contributed by atoms with van der Waals surface area (Å²) in [6.07, 6.45) is 4.33. The minimum Gasteiger partial charge on any atom is -0.371 e. The van der Waals surface area contributed by atoms with Gasteiger partial charge in [0.2, 0.25) is 0 Å². The first-order valence-corrected chi connectivity index (χ1v) is 11.2. The van der Waals surface area contributed by atoms with Crippen LogP contribution in [0.1, 0.15) is 54.1 Å². The minimum atomic E-state index is -0.323. The van der Waals surface area contributed by atoms with Crippen LogP contribution >= 0.6 is 0 Å². The van der Waals surface area contributed by atoms with Crippen molar-refractivity contribution in [3.8, 4) is 0 Å². The summed E-state index contributed by atoms with van der Waals surface area (Å²) < 4.78 is 0. The van der Waals surface area contributed by atoms with E-state index in [0.29, 0.717) is 11.3 Å². The number of carbonyl (C=O) groups is 2. The molecule has 3 amide bonds. The van der Waals surface area contributed by atoms with Gasteiger partial charge in [-0.15, -0.1) is 0 Å². The first kappa shape index (κ1) is 21.2. The molecule has 0 atom stereocenters. The predicted octanol–water partition coefficient (Wildman–Crippen LogP) is 5.08. The first-order valence-electron chi connectivity index (χ1n) is 11.2. The molecule has 2 aromatic carbocycles. The molecule has 2 aromatic rings. The molecule has 2 aliphatic rings. The highest BCUT2D eigenvalue weighted by atomic mass is 16.2. The van der Waals surface area contributed by atoms with Crippen LogP contribution in [0.5, 0.6) is 0 Å². The Morgan fingerprint density at radius 1 is 0.871 bits per heavy atom. The summed E-state index contributed by atoms with van der Waals surface area (Å²) in [7, 11) is 0. The number of aryl methyl sites for hydroxylation is 2. The number of rotatable bonds is 5. The van der Waals surface area contributed by atoms with Crippen molar-refractivity contribution in [1.82, 2.24) is 5.32 Å². The number of amides is 3. The predicted molar refractivity (Wildman–Crippen MR) is 126 cm³/mol. The number of piperidine rings is 1. The van der Waals surface area contributed by atoms with E-state index in [-0.39, 0.29) is 18.0 Å². The van der Waals surface area contributed by atoms with Gasteiger partial charge in [0.05, 0.1) is 5.56 Å². The number of hydrogen-bond donors (Lipinski definition) is 3. The summed E-state index contributed by atoms with van der Waals surface area (Å²) >= 11 is 0. The highest BCUT2D eigenvalue weighted by Crippen LogP contribution is 2.30. The van der Waals surface area contributed by atoms with E-state index >= 15 is 0 Å². The molecule has 1 heterocycles. The molecular weight excluding hydrogens is 388 g/mol. The third-order valence-electron chi connectivity index (χ3n) is 6.30. The molecule has 1 aliphatic heterocycles. The third kappa shape index (κ3) is 5.37. The molecule has 0 bridgehead atoms. The lowest BCUT2D eigenvalue weighted by atomic mass is 9.98. The summed E-state index contributed by atoms with van der Waals surface area (Å²) in [5, 5.41) is 8.84. The van der Waals surface area contributed by atoms with Crippen molar-refractivity contribution in [3.63, 3.8) is 0 Å². The summed E-state index contributed by atoms with van der Waals surface area (Å²) in [6, 6.07) is 11.4. The molecule has 1 saturated carbocycles. The maximum Gasteiger partial charge on any atom is 0.323 e. The molecule has 6 heteroatoms. The molecule has 164 valence electrons. The number of carbonyl (C=O) groups excluding carboxylic acids is 2. The Labute approximate surface area is 184 Å². The molecule has 3 N–H and O–H groups in total. The number of nitrogens with one attached hydrogen (secondary N) is 3. The van der Waals surface area contributed by atoms with Crippen molar-refractivity contribution in [2.75, 3.05) is 28.6 Å². The van der Waals surface area contributed by atoms with Gasteiger partial charge < -0.3 is 20.9 Å². The van der Waals surface area contributed by atoms with Gasteiger partial charge in [-0.3, -0.25) is 4.79 Å². The number of anilines is 3. The van der Waals surface area contributed by atoms with E-state index in [1.165, 1.54) is 5.56 Å². The van der Waals surface area contributed by atoms with Gasteiger partial charge >= 0.3 is 6.03 Å². The lowest BCUT2D eigenvalue weighted by molar-refractivity contribution is 0.0951. The van der Waals surface area contributed by atoms with E-state index in [9.17, 15) is 9.59 Å². The van der Waals surface area contributed by atoms with E-state index in [1.54, 1.807) is 6.07 Å². The molecule has 0 aromatic heterocycles. The standard InChI is InChI=1S/C25H32N4O2/c1-16-10-12-29(13-11-16)23-9-8-21(15-22(23)24(30)26-19-6-7-19)28-25(31)27-20-5-4-17(2)18(3)14-20/h4-5,8-9,14-16,19H,6-7,10-13H2,1-3H3,(H,26,30)(H2,27,28,31). The molecule has 0 radical (unpaired) electrons. The van der Waals surface area contributed by atoms with Gasteiger partial charge in [0, 0.05) is 36.2 Å². The van der Waals surface area contributed by atoms with Crippen molar-refractivity contribution in [2.24, 2.45) is 5.92 Å². The van der Waals surface area contributed by atoms with Crippen molar-refractivity contribution in [1.29, 1.82) is 0 Å². The topological polar surface area (TPSA) is 73.5 Å². The molecule has 31 heavy (non-hydrogen) atoms. The fraction of sp³-hybridized carbons (Fsp3) is 0.440. The molecule has 1 aliphatic carbocycles. The molecule has 4 rings (SSSR count). The number of urea groups is 1. The van der Waals surface area contributed by atoms with Crippen molar-refractivity contribution in [2.45, 2.75) is 52.5 Å².